The van der Waals surface area contributed by atoms with E-state index < -0.39 is 6.09 Å². The van der Waals surface area contributed by atoms with Crippen molar-refractivity contribution in [3.8, 4) is 5.75 Å². The predicted molar refractivity (Wildman–Crippen MR) is 85.6 cm³/mol. The Kier molecular flexibility index (Phi) is 7.38. The highest BCUT2D eigenvalue weighted by Crippen LogP contribution is 2.28. The van der Waals surface area contributed by atoms with Gasteiger partial charge in [0.2, 0.25) is 11.8 Å². The van der Waals surface area contributed by atoms with E-state index in [9.17, 15) is 14.4 Å². The van der Waals surface area contributed by atoms with Crippen LogP contribution in [0.15, 0.2) is 18.2 Å². The van der Waals surface area contributed by atoms with Crippen LogP contribution in [0, 0.1) is 0 Å². The minimum atomic E-state index is -0.524. The number of nitrogens with one attached hydrogen (secondary N) is 3. The number of ether oxygens (including phenoxy) is 2. The summed E-state index contributed by atoms with van der Waals surface area (Å²) in [6.45, 7) is 1.75. The van der Waals surface area contributed by atoms with Gasteiger partial charge in [-0.15, -0.1) is 0 Å². The quantitative estimate of drug-likeness (QED) is 0.663. The van der Waals surface area contributed by atoms with E-state index in [0.29, 0.717) is 30.1 Å². The monoisotopic (exact) mass is 323 g/mol. The Bertz CT molecular complexity index is 574. The molecule has 0 aromatic heterocycles. The molecule has 0 unspecified atom stereocenters. The normalized spacial score (nSPS) is 9.70. The average molecular weight is 323 g/mol. The van der Waals surface area contributed by atoms with Crippen molar-refractivity contribution in [2.24, 2.45) is 0 Å². The number of hydrogen-bond donors (Lipinski definition) is 3. The molecule has 0 aliphatic carbocycles. The lowest BCUT2D eigenvalue weighted by atomic mass is 10.2. The van der Waals surface area contributed by atoms with Gasteiger partial charge in [0, 0.05) is 31.6 Å². The number of anilines is 2. The molecule has 3 amide bonds. The number of rotatable bonds is 7. The SMILES string of the molecule is COC(=O)NCCCC(=O)Nc1ccc(NC(C)=O)c(OC)c1. The van der Waals surface area contributed by atoms with E-state index in [1.54, 1.807) is 18.2 Å². The first-order valence-electron chi connectivity index (χ1n) is 7.03. The van der Waals surface area contributed by atoms with Crippen molar-refractivity contribution in [1.82, 2.24) is 5.32 Å². The van der Waals surface area contributed by atoms with Gasteiger partial charge in [-0.1, -0.05) is 0 Å². The number of hydrogen-bond acceptors (Lipinski definition) is 5. The van der Waals surface area contributed by atoms with E-state index >= 15 is 0 Å². The number of alkyl carbamates (subject to hydrolysis) is 1. The molecule has 23 heavy (non-hydrogen) atoms. The molecule has 0 saturated carbocycles. The van der Waals surface area contributed by atoms with Gasteiger partial charge >= 0.3 is 6.09 Å². The summed E-state index contributed by atoms with van der Waals surface area (Å²) >= 11 is 0. The zero-order valence-electron chi connectivity index (χ0n) is 13.4. The minimum Gasteiger partial charge on any atom is -0.494 e. The lowest BCUT2D eigenvalue weighted by Crippen LogP contribution is -2.25. The molecule has 8 nitrogen and oxygen atoms in total. The molecule has 0 fully saturated rings. The lowest BCUT2D eigenvalue weighted by Gasteiger charge is -2.12. The van der Waals surface area contributed by atoms with Crippen LogP contribution < -0.4 is 20.7 Å². The van der Waals surface area contributed by atoms with Gasteiger partial charge in [-0.3, -0.25) is 9.59 Å². The number of carbonyl (C=O) groups is 3. The molecule has 0 aliphatic rings. The van der Waals surface area contributed by atoms with Crippen LogP contribution in [0.2, 0.25) is 0 Å². The Hall–Kier alpha value is -2.77. The van der Waals surface area contributed by atoms with E-state index in [2.05, 4.69) is 20.7 Å². The zero-order chi connectivity index (χ0) is 17.2. The smallest absolute Gasteiger partial charge is 0.406 e. The van der Waals surface area contributed by atoms with Crippen LogP contribution in [0.1, 0.15) is 19.8 Å². The highest BCUT2D eigenvalue weighted by atomic mass is 16.5. The maximum absolute atomic E-state index is 11.8. The molecule has 0 bridgehead atoms. The van der Waals surface area contributed by atoms with Crippen LogP contribution in [-0.2, 0) is 14.3 Å². The van der Waals surface area contributed by atoms with Gasteiger partial charge in [-0.05, 0) is 18.6 Å². The van der Waals surface area contributed by atoms with E-state index in [0.717, 1.165) is 0 Å². The molecule has 0 heterocycles. The number of benzene rings is 1. The van der Waals surface area contributed by atoms with Crippen LogP contribution in [-0.4, -0.2) is 38.7 Å². The first-order valence-corrected chi connectivity index (χ1v) is 7.03. The summed E-state index contributed by atoms with van der Waals surface area (Å²) in [7, 11) is 2.75. The largest absolute Gasteiger partial charge is 0.494 e. The highest BCUT2D eigenvalue weighted by molar-refractivity contribution is 5.93. The van der Waals surface area contributed by atoms with E-state index in [-0.39, 0.29) is 18.2 Å². The van der Waals surface area contributed by atoms with Crippen molar-refractivity contribution >= 4 is 29.3 Å². The van der Waals surface area contributed by atoms with Crippen LogP contribution in [0.4, 0.5) is 16.2 Å². The fourth-order valence-electron chi connectivity index (χ4n) is 1.80. The summed E-state index contributed by atoms with van der Waals surface area (Å²) < 4.78 is 9.60. The Morgan fingerprint density at radius 3 is 2.48 bits per heavy atom. The molecule has 0 spiro atoms. The minimum absolute atomic E-state index is 0.189. The standard InChI is InChI=1S/C15H21N3O5/c1-10(19)17-12-7-6-11(9-13(12)22-2)18-14(20)5-4-8-16-15(21)23-3/h6-7,9H,4-5,8H2,1-3H3,(H,16,21)(H,17,19)(H,18,20). The molecule has 0 atom stereocenters. The van der Waals surface area contributed by atoms with E-state index in [4.69, 9.17) is 4.74 Å². The molecular formula is C15H21N3O5. The molecule has 0 saturated heterocycles. The third-order valence-electron chi connectivity index (χ3n) is 2.83. The van der Waals surface area contributed by atoms with Crippen LogP contribution in [0.5, 0.6) is 5.75 Å². The number of carbonyl (C=O) groups excluding carboxylic acids is 3. The molecule has 1 rings (SSSR count). The van der Waals surface area contributed by atoms with Crippen LogP contribution in [0.25, 0.3) is 0 Å². The highest BCUT2D eigenvalue weighted by Gasteiger charge is 2.08. The third-order valence-corrected chi connectivity index (χ3v) is 2.83. The van der Waals surface area contributed by atoms with Gasteiger partial charge in [0.15, 0.2) is 0 Å². The number of methoxy groups -OCH3 is 2. The second-order valence-electron chi connectivity index (χ2n) is 4.67. The van der Waals surface area contributed by atoms with Gasteiger partial charge in [0.25, 0.3) is 0 Å². The Morgan fingerprint density at radius 2 is 1.87 bits per heavy atom. The summed E-state index contributed by atoms with van der Waals surface area (Å²) in [5.74, 6) is 0.0505. The first-order chi connectivity index (χ1) is 11.0. The fraction of sp³-hybridized carbons (Fsp3) is 0.400. The average Bonchev–Trinajstić information content (AvgIpc) is 2.52. The Labute approximate surface area is 134 Å². The molecular weight excluding hydrogens is 302 g/mol. The van der Waals surface area contributed by atoms with Crippen molar-refractivity contribution in [3.63, 3.8) is 0 Å². The molecule has 3 N–H and O–H groups in total. The van der Waals surface area contributed by atoms with Crippen molar-refractivity contribution in [1.29, 1.82) is 0 Å². The van der Waals surface area contributed by atoms with Crippen LogP contribution >= 0.6 is 0 Å². The molecule has 126 valence electrons. The van der Waals surface area contributed by atoms with Gasteiger partial charge in [0.05, 0.1) is 19.9 Å². The summed E-state index contributed by atoms with van der Waals surface area (Å²) in [4.78, 5) is 33.8. The topological polar surface area (TPSA) is 106 Å². The maximum Gasteiger partial charge on any atom is 0.406 e. The lowest BCUT2D eigenvalue weighted by molar-refractivity contribution is -0.116. The van der Waals surface area contributed by atoms with Crippen molar-refractivity contribution < 1.29 is 23.9 Å². The Morgan fingerprint density at radius 1 is 1.13 bits per heavy atom. The van der Waals surface area contributed by atoms with E-state index in [1.807, 2.05) is 0 Å². The third kappa shape index (κ3) is 6.68. The van der Waals surface area contributed by atoms with E-state index in [1.165, 1.54) is 21.1 Å². The molecule has 1 aromatic carbocycles. The van der Waals surface area contributed by atoms with Crippen molar-refractivity contribution in [2.45, 2.75) is 19.8 Å². The summed E-state index contributed by atoms with van der Waals surface area (Å²) in [5.41, 5.74) is 1.09. The Balaban J connectivity index is 2.51. The van der Waals surface area contributed by atoms with Crippen molar-refractivity contribution in [3.05, 3.63) is 18.2 Å². The molecule has 8 heteroatoms. The fourth-order valence-corrected chi connectivity index (χ4v) is 1.80. The van der Waals surface area contributed by atoms with Crippen molar-refractivity contribution in [2.75, 3.05) is 31.4 Å². The second kappa shape index (κ2) is 9.29. The predicted octanol–water partition coefficient (Wildman–Crippen LogP) is 1.73. The summed E-state index contributed by atoms with van der Waals surface area (Å²) in [6, 6.07) is 4.93. The second-order valence-corrected chi connectivity index (χ2v) is 4.67. The maximum atomic E-state index is 11.8. The van der Waals surface area contributed by atoms with Crippen LogP contribution in [0.3, 0.4) is 0 Å². The van der Waals surface area contributed by atoms with Gasteiger partial charge in [0.1, 0.15) is 5.75 Å². The van der Waals surface area contributed by atoms with Gasteiger partial charge in [-0.25, -0.2) is 4.79 Å². The zero-order valence-corrected chi connectivity index (χ0v) is 13.4. The molecule has 0 aliphatic heterocycles. The number of amides is 3. The summed E-state index contributed by atoms with van der Waals surface area (Å²) in [6.07, 6.45) is 0.214. The first kappa shape index (κ1) is 18.3. The van der Waals surface area contributed by atoms with Gasteiger partial charge in [-0.2, -0.15) is 0 Å². The van der Waals surface area contributed by atoms with Gasteiger partial charge < -0.3 is 25.4 Å². The molecule has 1 aromatic rings. The summed E-state index contributed by atoms with van der Waals surface area (Å²) in [5, 5.41) is 7.85. The molecule has 0 radical (unpaired) electrons.